The Hall–Kier alpha value is 0.890. The SMILES string of the molecule is CCCCCCCCCCCCCCCC(O)=S.[NaH]. The van der Waals surface area contributed by atoms with Crippen LogP contribution in [0.4, 0.5) is 0 Å². The van der Waals surface area contributed by atoms with Gasteiger partial charge in [0.25, 0.3) is 0 Å². The zero-order chi connectivity index (χ0) is 13.5. The van der Waals surface area contributed by atoms with E-state index in [0.29, 0.717) is 6.42 Å². The average Bonchev–Trinajstić information content (AvgIpc) is 2.34. The topological polar surface area (TPSA) is 20.2 Å². The van der Waals surface area contributed by atoms with Gasteiger partial charge in [-0.3, -0.25) is 0 Å². The molecule has 0 aromatic rings. The molecule has 19 heavy (non-hydrogen) atoms. The molecular weight excluding hydrogens is 263 g/mol. The van der Waals surface area contributed by atoms with Crippen LogP contribution in [0.15, 0.2) is 0 Å². The molecule has 110 valence electrons. The number of hydrogen-bond acceptors (Lipinski definition) is 1. The minimum absolute atomic E-state index is 0. The third-order valence-electron chi connectivity index (χ3n) is 3.49. The molecular formula is C16H33NaOS. The molecule has 0 saturated carbocycles. The summed E-state index contributed by atoms with van der Waals surface area (Å²) in [6.45, 7) is 2.27. The average molecular weight is 296 g/mol. The molecule has 0 fully saturated rings. The van der Waals surface area contributed by atoms with Crippen LogP contribution in [-0.2, 0) is 0 Å². The number of thiocarbonyl (C=S) groups is 1. The van der Waals surface area contributed by atoms with Crippen LogP contribution >= 0.6 is 12.2 Å². The number of aliphatic hydroxyl groups excluding tert-OH is 1. The van der Waals surface area contributed by atoms with Crippen LogP contribution in [0.3, 0.4) is 0 Å². The molecule has 0 heterocycles. The van der Waals surface area contributed by atoms with Crippen LogP contribution in [0.25, 0.3) is 0 Å². The van der Waals surface area contributed by atoms with E-state index in [-0.39, 0.29) is 34.6 Å². The summed E-state index contributed by atoms with van der Waals surface area (Å²) < 4.78 is 0. The quantitative estimate of drug-likeness (QED) is 0.252. The van der Waals surface area contributed by atoms with Gasteiger partial charge in [0.2, 0.25) is 0 Å². The zero-order valence-corrected chi connectivity index (χ0v) is 13.1. The predicted molar refractivity (Wildman–Crippen MR) is 92.7 cm³/mol. The van der Waals surface area contributed by atoms with Gasteiger partial charge >= 0.3 is 29.6 Å². The van der Waals surface area contributed by atoms with E-state index >= 15 is 0 Å². The fourth-order valence-corrected chi connectivity index (χ4v) is 2.44. The van der Waals surface area contributed by atoms with E-state index in [2.05, 4.69) is 19.1 Å². The van der Waals surface area contributed by atoms with Crippen molar-refractivity contribution >= 4 is 46.8 Å². The molecule has 0 spiro atoms. The first-order valence-corrected chi connectivity index (χ1v) is 8.40. The summed E-state index contributed by atoms with van der Waals surface area (Å²) >= 11 is 4.64. The molecule has 0 radical (unpaired) electrons. The van der Waals surface area contributed by atoms with Gasteiger partial charge in [0.15, 0.2) is 5.05 Å². The monoisotopic (exact) mass is 296 g/mol. The van der Waals surface area contributed by atoms with Crippen molar-refractivity contribution in [2.24, 2.45) is 0 Å². The number of hydrogen-bond donors (Lipinski definition) is 1. The van der Waals surface area contributed by atoms with E-state index in [1.807, 2.05) is 0 Å². The first-order valence-electron chi connectivity index (χ1n) is 7.99. The van der Waals surface area contributed by atoms with Crippen molar-refractivity contribution in [2.75, 3.05) is 0 Å². The van der Waals surface area contributed by atoms with Gasteiger partial charge in [-0.05, 0) is 18.6 Å². The van der Waals surface area contributed by atoms with E-state index in [1.165, 1.54) is 77.0 Å². The Kier molecular flexibility index (Phi) is 22.0. The van der Waals surface area contributed by atoms with E-state index in [4.69, 9.17) is 5.11 Å². The molecule has 0 rings (SSSR count). The van der Waals surface area contributed by atoms with Crippen LogP contribution in [-0.4, -0.2) is 39.7 Å². The van der Waals surface area contributed by atoms with Gasteiger partial charge in [-0.25, -0.2) is 0 Å². The maximum atomic E-state index is 8.86. The van der Waals surface area contributed by atoms with Gasteiger partial charge in [-0.1, -0.05) is 84.0 Å². The van der Waals surface area contributed by atoms with Gasteiger partial charge in [0.05, 0.1) is 0 Å². The number of aliphatic hydroxyl groups is 1. The molecule has 0 atom stereocenters. The normalized spacial score (nSPS) is 10.2. The molecule has 0 unspecified atom stereocenters. The standard InChI is InChI=1S/C16H32OS.Na.H/c1-2-3-4-5-6-7-8-9-10-11-12-13-14-15-16(17)18;;/h2-15H2,1H3,(H,17,18);;. The summed E-state index contributed by atoms with van der Waals surface area (Å²) in [5.74, 6) is 0. The number of rotatable bonds is 14. The van der Waals surface area contributed by atoms with E-state index < -0.39 is 0 Å². The summed E-state index contributed by atoms with van der Waals surface area (Å²) in [5, 5.41) is 9.04. The summed E-state index contributed by atoms with van der Waals surface area (Å²) in [4.78, 5) is 0. The first-order chi connectivity index (χ1) is 8.77. The Morgan fingerprint density at radius 2 is 1.00 bits per heavy atom. The Morgan fingerprint density at radius 1 is 0.684 bits per heavy atom. The Bertz CT molecular complexity index is 186. The summed E-state index contributed by atoms with van der Waals surface area (Å²) in [5.41, 5.74) is 0. The molecule has 0 amide bonds. The predicted octanol–water partition coefficient (Wildman–Crippen LogP) is 5.70. The van der Waals surface area contributed by atoms with Crippen molar-refractivity contribution in [2.45, 2.75) is 96.8 Å². The molecule has 1 N–H and O–H groups in total. The van der Waals surface area contributed by atoms with Crippen LogP contribution in [0.1, 0.15) is 96.8 Å². The fraction of sp³-hybridized carbons (Fsp3) is 0.938. The molecule has 0 aromatic carbocycles. The molecule has 0 aliphatic rings. The van der Waals surface area contributed by atoms with Gasteiger partial charge in [0.1, 0.15) is 0 Å². The molecule has 0 saturated heterocycles. The molecule has 1 nitrogen and oxygen atoms in total. The van der Waals surface area contributed by atoms with Crippen molar-refractivity contribution in [1.82, 2.24) is 0 Å². The van der Waals surface area contributed by atoms with Crippen molar-refractivity contribution in [3.05, 3.63) is 0 Å². The molecule has 3 heteroatoms. The molecule has 0 aliphatic carbocycles. The van der Waals surface area contributed by atoms with Crippen LogP contribution in [0.2, 0.25) is 0 Å². The van der Waals surface area contributed by atoms with Gasteiger partial charge in [0, 0.05) is 6.42 Å². The summed E-state index contributed by atoms with van der Waals surface area (Å²) in [6, 6.07) is 0. The second kappa shape index (κ2) is 18.9. The third kappa shape index (κ3) is 21.3. The van der Waals surface area contributed by atoms with Crippen LogP contribution < -0.4 is 0 Å². The number of unbranched alkanes of at least 4 members (excludes halogenated alkanes) is 12. The molecule has 0 aliphatic heterocycles. The van der Waals surface area contributed by atoms with Gasteiger partial charge in [-0.2, -0.15) is 0 Å². The fourth-order valence-electron chi connectivity index (χ4n) is 2.29. The Labute approximate surface area is 148 Å². The molecule has 0 aromatic heterocycles. The second-order valence-electron chi connectivity index (χ2n) is 5.39. The van der Waals surface area contributed by atoms with Crippen molar-refractivity contribution in [3.8, 4) is 0 Å². The van der Waals surface area contributed by atoms with Crippen molar-refractivity contribution < 1.29 is 5.11 Å². The summed E-state index contributed by atoms with van der Waals surface area (Å²) in [7, 11) is 0. The summed E-state index contributed by atoms with van der Waals surface area (Å²) in [6.07, 6.45) is 18.4. The van der Waals surface area contributed by atoms with Crippen molar-refractivity contribution in [1.29, 1.82) is 0 Å². The third-order valence-corrected chi connectivity index (χ3v) is 3.70. The molecule has 0 bridgehead atoms. The van der Waals surface area contributed by atoms with Crippen LogP contribution in [0, 0.1) is 0 Å². The van der Waals surface area contributed by atoms with Gasteiger partial charge in [-0.15, -0.1) is 0 Å². The van der Waals surface area contributed by atoms with Crippen molar-refractivity contribution in [3.63, 3.8) is 0 Å². The van der Waals surface area contributed by atoms with E-state index in [0.717, 1.165) is 6.42 Å². The van der Waals surface area contributed by atoms with E-state index in [9.17, 15) is 0 Å². The Morgan fingerprint density at radius 3 is 1.32 bits per heavy atom. The minimum atomic E-state index is 0. The first kappa shape index (κ1) is 22.2. The zero-order valence-electron chi connectivity index (χ0n) is 12.3. The van der Waals surface area contributed by atoms with Gasteiger partial charge < -0.3 is 5.11 Å². The Balaban J connectivity index is 0. The van der Waals surface area contributed by atoms with E-state index in [1.54, 1.807) is 0 Å². The second-order valence-corrected chi connectivity index (χ2v) is 5.86. The maximum absolute atomic E-state index is 8.86. The van der Waals surface area contributed by atoms with Crippen LogP contribution in [0.5, 0.6) is 0 Å².